The molecular formula is C45H52N2O10. The number of allylic oxidation sites excluding steroid dienone is 4. The van der Waals surface area contributed by atoms with Crippen molar-refractivity contribution in [1.29, 1.82) is 0 Å². The minimum atomic E-state index is -0.536. The molecule has 0 saturated heterocycles. The summed E-state index contributed by atoms with van der Waals surface area (Å²) in [4.78, 5) is 34.1. The quantitative estimate of drug-likeness (QED) is 0.0689. The average molecular weight is 781 g/mol. The van der Waals surface area contributed by atoms with Gasteiger partial charge >= 0.3 is 11.9 Å². The van der Waals surface area contributed by atoms with E-state index < -0.39 is 11.9 Å². The highest BCUT2D eigenvalue weighted by Crippen LogP contribution is 2.33. The third-order valence-electron chi connectivity index (χ3n) is 9.58. The number of carbonyl (C=O) groups excluding carboxylic acids is 2. The number of esters is 2. The highest BCUT2D eigenvalue weighted by Gasteiger charge is 2.28. The first-order valence-electron chi connectivity index (χ1n) is 18.4. The lowest BCUT2D eigenvalue weighted by Gasteiger charge is -2.23. The Balaban J connectivity index is 0.000000261. The monoisotopic (exact) mass is 780 g/mol. The van der Waals surface area contributed by atoms with Crippen LogP contribution in [0.4, 0.5) is 0 Å². The van der Waals surface area contributed by atoms with Gasteiger partial charge in [0, 0.05) is 0 Å². The highest BCUT2D eigenvalue weighted by molar-refractivity contribution is 6.43. The largest absolute Gasteiger partial charge is 0.508 e. The van der Waals surface area contributed by atoms with Gasteiger partial charge in [0.05, 0.1) is 14.2 Å². The molecule has 2 aliphatic rings. The summed E-state index contributed by atoms with van der Waals surface area (Å²) in [6.07, 6.45) is 2.60. The molecule has 57 heavy (non-hydrogen) atoms. The van der Waals surface area contributed by atoms with Gasteiger partial charge in [0.1, 0.15) is 57.0 Å². The number of ether oxygens (including phenoxy) is 5. The van der Waals surface area contributed by atoms with Crippen LogP contribution in [0, 0.1) is 0 Å². The number of benzene rings is 3. The number of hydrogen-bond donors (Lipinski definition) is 1. The molecule has 0 spiro atoms. The van der Waals surface area contributed by atoms with Gasteiger partial charge in [-0.3, -0.25) is 0 Å². The molecule has 0 saturated carbocycles. The first-order valence-corrected chi connectivity index (χ1v) is 18.4. The van der Waals surface area contributed by atoms with Gasteiger partial charge in [-0.05, 0) is 130 Å². The SMILES string of the molecule is CO/N=C(/C(=O)OC)C1=C(COc2ccc(O)cc2)CC(C)=C(C)C1.CO/N=C(/C(=O)OC)C1=C(COc2ccc(OCc3ccccc3)cc2)CC(C)=C(C)C1. The molecule has 5 rings (SSSR count). The fourth-order valence-electron chi connectivity index (χ4n) is 6.08. The summed E-state index contributed by atoms with van der Waals surface area (Å²) in [5.74, 6) is 1.25. The van der Waals surface area contributed by atoms with Crippen molar-refractivity contribution in [2.45, 2.75) is 60.0 Å². The van der Waals surface area contributed by atoms with E-state index in [1.165, 1.54) is 50.7 Å². The van der Waals surface area contributed by atoms with Gasteiger partial charge < -0.3 is 38.5 Å². The average Bonchev–Trinajstić information content (AvgIpc) is 3.23. The maximum absolute atomic E-state index is 12.3. The smallest absolute Gasteiger partial charge is 0.360 e. The second kappa shape index (κ2) is 21.7. The molecule has 0 heterocycles. The van der Waals surface area contributed by atoms with Crippen molar-refractivity contribution >= 4 is 23.4 Å². The third kappa shape index (κ3) is 12.6. The number of phenols is 1. The number of methoxy groups -OCH3 is 2. The van der Waals surface area contributed by atoms with Gasteiger partial charge in [-0.1, -0.05) is 62.9 Å². The van der Waals surface area contributed by atoms with E-state index >= 15 is 0 Å². The Kier molecular flexibility index (Phi) is 16.5. The number of hydrogen-bond acceptors (Lipinski definition) is 12. The van der Waals surface area contributed by atoms with Crippen molar-refractivity contribution in [2.75, 3.05) is 41.7 Å². The van der Waals surface area contributed by atoms with Crippen LogP contribution in [0.3, 0.4) is 0 Å². The fraction of sp³-hybridized carbons (Fsp3) is 0.333. The number of aromatic hydroxyl groups is 1. The summed E-state index contributed by atoms with van der Waals surface area (Å²) < 4.78 is 27.4. The molecule has 12 nitrogen and oxygen atoms in total. The zero-order valence-electron chi connectivity index (χ0n) is 34.0. The molecule has 3 aromatic carbocycles. The van der Waals surface area contributed by atoms with Gasteiger partial charge in [-0.15, -0.1) is 0 Å². The number of carbonyl (C=O) groups is 2. The minimum absolute atomic E-state index is 0.168. The Hall–Kier alpha value is -6.30. The molecular weight excluding hydrogens is 728 g/mol. The van der Waals surface area contributed by atoms with Crippen LogP contribution in [0.2, 0.25) is 0 Å². The van der Waals surface area contributed by atoms with E-state index in [-0.39, 0.29) is 17.2 Å². The van der Waals surface area contributed by atoms with Crippen LogP contribution in [-0.4, -0.2) is 70.1 Å². The Morgan fingerprint density at radius 1 is 0.526 bits per heavy atom. The molecule has 0 radical (unpaired) electrons. The summed E-state index contributed by atoms with van der Waals surface area (Å²) in [6.45, 7) is 9.41. The number of rotatable bonds is 15. The lowest BCUT2D eigenvalue weighted by Crippen LogP contribution is -2.24. The Morgan fingerprint density at radius 3 is 1.28 bits per heavy atom. The van der Waals surface area contributed by atoms with Crippen LogP contribution in [0.15, 0.2) is 134 Å². The molecule has 1 N–H and O–H groups in total. The van der Waals surface area contributed by atoms with Crippen molar-refractivity contribution < 1.29 is 48.1 Å². The van der Waals surface area contributed by atoms with E-state index in [0.717, 1.165) is 39.4 Å². The van der Waals surface area contributed by atoms with Crippen molar-refractivity contribution in [2.24, 2.45) is 10.3 Å². The Labute approximate surface area is 334 Å². The van der Waals surface area contributed by atoms with E-state index in [1.807, 2.05) is 61.5 Å². The van der Waals surface area contributed by atoms with Gasteiger partial charge in [-0.25, -0.2) is 9.59 Å². The standard InChI is InChI=1S/C26H29NO5.C19H23NO5/c1-18-14-21(24(15-19(18)2)25(27-30-4)26(28)29-3)17-32-23-12-10-22(11-13-23)31-16-20-8-6-5-7-9-20;1-12-9-14(11-25-16-7-5-15(21)6-8-16)17(10-13(12)2)18(20-24-4)19(22)23-3/h5-13H,14-17H2,1-4H3;5-8,21H,9-11H2,1-4H3/b27-25+;20-18+. The van der Waals surface area contributed by atoms with Crippen LogP contribution >= 0.6 is 0 Å². The van der Waals surface area contributed by atoms with E-state index in [1.54, 1.807) is 24.3 Å². The third-order valence-corrected chi connectivity index (χ3v) is 9.58. The van der Waals surface area contributed by atoms with E-state index in [0.29, 0.717) is 51.3 Å². The lowest BCUT2D eigenvalue weighted by molar-refractivity contribution is -0.133. The van der Waals surface area contributed by atoms with Crippen molar-refractivity contribution in [3.63, 3.8) is 0 Å². The topological polar surface area (TPSA) is 144 Å². The number of oxime groups is 2. The number of phenolic OH excluding ortho intramolecular Hbond substituents is 1. The molecule has 0 amide bonds. The summed E-state index contributed by atoms with van der Waals surface area (Å²) in [5.41, 5.74) is 9.88. The maximum atomic E-state index is 12.3. The van der Waals surface area contributed by atoms with E-state index in [9.17, 15) is 14.7 Å². The Bertz CT molecular complexity index is 2040. The van der Waals surface area contributed by atoms with Crippen LogP contribution < -0.4 is 14.2 Å². The van der Waals surface area contributed by atoms with Gasteiger partial charge in [0.15, 0.2) is 11.4 Å². The summed E-state index contributed by atoms with van der Waals surface area (Å²) >= 11 is 0. The summed E-state index contributed by atoms with van der Waals surface area (Å²) in [7, 11) is 5.46. The zero-order chi connectivity index (χ0) is 41.3. The molecule has 302 valence electrons. The second-order valence-corrected chi connectivity index (χ2v) is 13.5. The van der Waals surface area contributed by atoms with Crippen LogP contribution in [0.25, 0.3) is 0 Å². The number of nitrogens with zero attached hydrogens (tertiary/aromatic N) is 2. The second-order valence-electron chi connectivity index (χ2n) is 13.5. The molecule has 0 atom stereocenters. The van der Waals surface area contributed by atoms with Gasteiger partial charge in [-0.2, -0.15) is 0 Å². The van der Waals surface area contributed by atoms with Crippen LogP contribution in [-0.2, 0) is 35.3 Å². The molecule has 0 aliphatic heterocycles. The molecule has 0 fully saturated rings. The molecule has 0 aromatic heterocycles. The predicted octanol–water partition coefficient (Wildman–Crippen LogP) is 8.62. The first-order chi connectivity index (χ1) is 27.5. The van der Waals surface area contributed by atoms with Gasteiger partial charge in [0.2, 0.25) is 0 Å². The predicted molar refractivity (Wildman–Crippen MR) is 219 cm³/mol. The van der Waals surface area contributed by atoms with Crippen LogP contribution in [0.1, 0.15) is 58.9 Å². The van der Waals surface area contributed by atoms with Crippen LogP contribution in [0.5, 0.6) is 23.0 Å². The summed E-state index contributed by atoms with van der Waals surface area (Å²) in [5, 5.41) is 17.1. The fourth-order valence-corrected chi connectivity index (χ4v) is 6.08. The molecule has 0 unspecified atom stereocenters. The van der Waals surface area contributed by atoms with Gasteiger partial charge in [0.25, 0.3) is 0 Å². The zero-order valence-corrected chi connectivity index (χ0v) is 34.0. The molecule has 3 aromatic rings. The molecule has 12 heteroatoms. The maximum Gasteiger partial charge on any atom is 0.360 e. The van der Waals surface area contributed by atoms with Crippen molar-refractivity contribution in [3.05, 3.63) is 129 Å². The van der Waals surface area contributed by atoms with E-state index in [4.69, 9.17) is 33.4 Å². The molecule has 2 aliphatic carbocycles. The Morgan fingerprint density at radius 2 is 0.895 bits per heavy atom. The molecule has 0 bridgehead atoms. The highest BCUT2D eigenvalue weighted by atomic mass is 16.6. The summed E-state index contributed by atoms with van der Waals surface area (Å²) in [6, 6.07) is 24.1. The van der Waals surface area contributed by atoms with Crippen molar-refractivity contribution in [1.82, 2.24) is 0 Å². The van der Waals surface area contributed by atoms with Crippen molar-refractivity contribution in [3.8, 4) is 23.0 Å². The normalized spacial score (nSPS) is 14.7. The first kappa shape index (κ1) is 43.4. The van der Waals surface area contributed by atoms with E-state index in [2.05, 4.69) is 31.1 Å². The lowest BCUT2D eigenvalue weighted by atomic mass is 9.85. The minimum Gasteiger partial charge on any atom is -0.508 e.